The van der Waals surface area contributed by atoms with Crippen LogP contribution < -0.4 is 0 Å². The van der Waals surface area contributed by atoms with Crippen molar-refractivity contribution in [1.29, 1.82) is 0 Å². The number of thioether (sulfide) groups is 2. The van der Waals surface area contributed by atoms with Crippen LogP contribution in [0.2, 0.25) is 0 Å². The number of carbonyl (C=O) groups excluding carboxylic acids is 1. The van der Waals surface area contributed by atoms with E-state index >= 15 is 0 Å². The lowest BCUT2D eigenvalue weighted by Crippen LogP contribution is -2.41. The van der Waals surface area contributed by atoms with Crippen molar-refractivity contribution in [2.24, 2.45) is 0 Å². The summed E-state index contributed by atoms with van der Waals surface area (Å²) in [5, 5.41) is 0. The van der Waals surface area contributed by atoms with Gasteiger partial charge in [0.05, 0.1) is 0 Å². The van der Waals surface area contributed by atoms with Crippen LogP contribution in [0.1, 0.15) is 18.1 Å². The molecule has 146 valence electrons. The first-order valence-corrected chi connectivity index (χ1v) is 11.1. The van der Waals surface area contributed by atoms with Gasteiger partial charge in [0.2, 0.25) is 0 Å². The standard InChI is InChI=1S/C22H22O4S2/c1-22(24-2)25-19(13-15-5-9-17(27-3)10-6-15)21(23)20(26-22)14-16-7-11-18(28-4)12-8-16/h5-14H,1-4H3/b19-13-,20-14-. The number of rotatable bonds is 5. The van der Waals surface area contributed by atoms with Crippen LogP contribution in [0.15, 0.2) is 69.8 Å². The van der Waals surface area contributed by atoms with Gasteiger partial charge >= 0.3 is 5.97 Å². The minimum Gasteiger partial charge on any atom is -0.426 e. The number of ketones is 1. The molecule has 0 bridgehead atoms. The minimum atomic E-state index is -1.37. The van der Waals surface area contributed by atoms with E-state index in [1.165, 1.54) is 7.11 Å². The van der Waals surface area contributed by atoms with Gasteiger partial charge in [-0.1, -0.05) is 24.3 Å². The molecule has 2 aromatic carbocycles. The number of carbonyl (C=O) groups is 1. The zero-order valence-corrected chi connectivity index (χ0v) is 17.9. The van der Waals surface area contributed by atoms with Gasteiger partial charge in [-0.2, -0.15) is 0 Å². The summed E-state index contributed by atoms with van der Waals surface area (Å²) >= 11 is 3.32. The molecule has 0 radical (unpaired) electrons. The van der Waals surface area contributed by atoms with Crippen LogP contribution in [0.3, 0.4) is 0 Å². The Kier molecular flexibility index (Phi) is 6.54. The lowest BCUT2D eigenvalue weighted by atomic mass is 10.1. The molecule has 1 heterocycles. The van der Waals surface area contributed by atoms with Gasteiger partial charge in [-0.05, 0) is 60.1 Å². The van der Waals surface area contributed by atoms with Crippen LogP contribution in [0, 0.1) is 0 Å². The highest BCUT2D eigenvalue weighted by Gasteiger charge is 2.40. The van der Waals surface area contributed by atoms with Crippen molar-refractivity contribution < 1.29 is 19.0 Å². The average Bonchev–Trinajstić information content (AvgIpc) is 2.72. The lowest BCUT2D eigenvalue weighted by Gasteiger charge is -2.34. The molecule has 0 atom stereocenters. The van der Waals surface area contributed by atoms with E-state index in [-0.39, 0.29) is 17.3 Å². The molecule has 3 rings (SSSR count). The monoisotopic (exact) mass is 414 g/mol. The molecule has 2 aromatic rings. The fourth-order valence-corrected chi connectivity index (χ4v) is 3.43. The van der Waals surface area contributed by atoms with Crippen LogP contribution in [0.5, 0.6) is 0 Å². The van der Waals surface area contributed by atoms with E-state index in [9.17, 15) is 4.79 Å². The van der Waals surface area contributed by atoms with Crippen LogP contribution >= 0.6 is 23.5 Å². The Morgan fingerprint density at radius 1 is 0.821 bits per heavy atom. The molecule has 28 heavy (non-hydrogen) atoms. The number of hydrogen-bond acceptors (Lipinski definition) is 6. The third-order valence-electron chi connectivity index (χ3n) is 4.24. The van der Waals surface area contributed by atoms with E-state index in [2.05, 4.69) is 0 Å². The molecule has 0 saturated carbocycles. The van der Waals surface area contributed by atoms with E-state index in [4.69, 9.17) is 14.2 Å². The van der Waals surface area contributed by atoms with Gasteiger partial charge in [0.15, 0.2) is 11.5 Å². The fraction of sp³-hybridized carbons (Fsp3) is 0.227. The minimum absolute atomic E-state index is 0.180. The van der Waals surface area contributed by atoms with E-state index in [0.717, 1.165) is 20.9 Å². The van der Waals surface area contributed by atoms with E-state index in [1.807, 2.05) is 61.0 Å². The molecule has 4 nitrogen and oxygen atoms in total. The Morgan fingerprint density at radius 2 is 1.21 bits per heavy atom. The summed E-state index contributed by atoms with van der Waals surface area (Å²) in [7, 11) is 1.48. The molecule has 0 spiro atoms. The van der Waals surface area contributed by atoms with E-state index < -0.39 is 5.97 Å². The van der Waals surface area contributed by atoms with Crippen molar-refractivity contribution in [3.63, 3.8) is 0 Å². The fourth-order valence-electron chi connectivity index (χ4n) is 2.61. The number of hydrogen-bond donors (Lipinski definition) is 0. The highest BCUT2D eigenvalue weighted by Crippen LogP contribution is 2.32. The van der Waals surface area contributed by atoms with Gasteiger partial charge in [0, 0.05) is 23.8 Å². The summed E-state index contributed by atoms with van der Waals surface area (Å²) in [6.45, 7) is 1.63. The predicted octanol–water partition coefficient (Wildman–Crippen LogP) is 5.45. The highest BCUT2D eigenvalue weighted by atomic mass is 32.2. The quantitative estimate of drug-likeness (QED) is 0.479. The van der Waals surface area contributed by atoms with Crippen molar-refractivity contribution in [3.05, 3.63) is 71.2 Å². The van der Waals surface area contributed by atoms with Crippen molar-refractivity contribution >= 4 is 41.5 Å². The maximum Gasteiger partial charge on any atom is 0.368 e. The number of benzene rings is 2. The molecule has 0 amide bonds. The summed E-state index contributed by atoms with van der Waals surface area (Å²) in [6.07, 6.45) is 7.45. The molecule has 1 aliphatic rings. The number of methoxy groups -OCH3 is 1. The van der Waals surface area contributed by atoms with Crippen LogP contribution in [-0.2, 0) is 19.0 Å². The molecule has 0 aliphatic carbocycles. The van der Waals surface area contributed by atoms with Gasteiger partial charge in [-0.15, -0.1) is 23.5 Å². The molecule has 1 fully saturated rings. The summed E-state index contributed by atoms with van der Waals surface area (Å²) in [5.74, 6) is -1.33. The number of Topliss-reactive ketones (excluding diaryl/α,β-unsaturated/α-hetero) is 1. The first kappa shape index (κ1) is 20.6. The highest BCUT2D eigenvalue weighted by molar-refractivity contribution is 7.98. The zero-order valence-electron chi connectivity index (χ0n) is 16.2. The van der Waals surface area contributed by atoms with Crippen LogP contribution in [-0.4, -0.2) is 31.4 Å². The Bertz CT molecular complexity index is 830. The van der Waals surface area contributed by atoms with Gasteiger partial charge in [0.1, 0.15) is 0 Å². The second-order valence-corrected chi connectivity index (χ2v) is 7.92. The molecule has 1 aliphatic heterocycles. The average molecular weight is 415 g/mol. The van der Waals surface area contributed by atoms with Gasteiger partial charge in [-0.25, -0.2) is 0 Å². The zero-order chi connectivity index (χ0) is 20.1. The summed E-state index contributed by atoms with van der Waals surface area (Å²) in [4.78, 5) is 15.2. The largest absolute Gasteiger partial charge is 0.426 e. The third kappa shape index (κ3) is 4.82. The predicted molar refractivity (Wildman–Crippen MR) is 115 cm³/mol. The Labute approximate surface area is 174 Å². The normalized spacial score (nSPS) is 22.2. The van der Waals surface area contributed by atoms with E-state index in [1.54, 1.807) is 42.6 Å². The van der Waals surface area contributed by atoms with Crippen molar-refractivity contribution in [2.75, 3.05) is 19.6 Å². The Hall–Kier alpha value is -2.15. The van der Waals surface area contributed by atoms with Crippen LogP contribution in [0.25, 0.3) is 12.2 Å². The second-order valence-electron chi connectivity index (χ2n) is 6.16. The van der Waals surface area contributed by atoms with E-state index in [0.29, 0.717) is 0 Å². The molecule has 6 heteroatoms. The molecule has 0 N–H and O–H groups in total. The molecule has 0 aromatic heterocycles. The molecule has 0 unspecified atom stereocenters. The summed E-state index contributed by atoms with van der Waals surface area (Å²) in [6, 6.07) is 15.8. The summed E-state index contributed by atoms with van der Waals surface area (Å²) < 4.78 is 16.8. The SMILES string of the molecule is COC1(C)O/C(=C\c2ccc(SC)cc2)C(=O)/C(=C/c2ccc(SC)cc2)O1. The van der Waals surface area contributed by atoms with Crippen LogP contribution in [0.4, 0.5) is 0 Å². The van der Waals surface area contributed by atoms with Crippen molar-refractivity contribution in [2.45, 2.75) is 22.7 Å². The topological polar surface area (TPSA) is 44.8 Å². The lowest BCUT2D eigenvalue weighted by molar-refractivity contribution is -0.334. The first-order valence-electron chi connectivity index (χ1n) is 8.66. The smallest absolute Gasteiger partial charge is 0.368 e. The van der Waals surface area contributed by atoms with Crippen molar-refractivity contribution in [1.82, 2.24) is 0 Å². The number of ether oxygens (including phenoxy) is 3. The maximum atomic E-state index is 12.9. The van der Waals surface area contributed by atoms with Crippen molar-refractivity contribution in [3.8, 4) is 0 Å². The first-order chi connectivity index (χ1) is 13.5. The van der Waals surface area contributed by atoms with Gasteiger partial charge in [-0.3, -0.25) is 4.79 Å². The Morgan fingerprint density at radius 3 is 1.54 bits per heavy atom. The molecular formula is C22H22O4S2. The van der Waals surface area contributed by atoms with Gasteiger partial charge in [0.25, 0.3) is 5.78 Å². The van der Waals surface area contributed by atoms with Gasteiger partial charge < -0.3 is 14.2 Å². The second kappa shape index (κ2) is 8.90. The molecule has 1 saturated heterocycles. The summed E-state index contributed by atoms with van der Waals surface area (Å²) in [5.41, 5.74) is 1.73. The Balaban J connectivity index is 1.95. The molecular weight excluding hydrogens is 392 g/mol. The maximum absolute atomic E-state index is 12.9. The third-order valence-corrected chi connectivity index (χ3v) is 5.72.